The Labute approximate surface area is 116 Å². The monoisotopic (exact) mass is 262 g/mol. The molecule has 1 aromatic rings. The third kappa shape index (κ3) is 4.58. The van der Waals surface area contributed by atoms with Crippen molar-refractivity contribution in [3.63, 3.8) is 0 Å². The van der Waals surface area contributed by atoms with Gasteiger partial charge < -0.3 is 11.1 Å². The average molecular weight is 262 g/mol. The van der Waals surface area contributed by atoms with Gasteiger partial charge in [0.2, 0.25) is 5.91 Å². The molecule has 0 spiro atoms. The molecule has 0 aliphatic carbocycles. The van der Waals surface area contributed by atoms with Crippen molar-refractivity contribution in [2.24, 2.45) is 5.92 Å². The Morgan fingerprint density at radius 3 is 2.32 bits per heavy atom. The van der Waals surface area contributed by atoms with Gasteiger partial charge in [0.1, 0.15) is 0 Å². The van der Waals surface area contributed by atoms with Crippen LogP contribution in [0.2, 0.25) is 0 Å². The lowest BCUT2D eigenvalue weighted by molar-refractivity contribution is -0.126. The third-order valence-corrected chi connectivity index (χ3v) is 3.47. The minimum atomic E-state index is -0.0371. The predicted molar refractivity (Wildman–Crippen MR) is 80.7 cm³/mol. The number of anilines is 1. The lowest BCUT2D eigenvalue weighted by Crippen LogP contribution is -2.33. The molecule has 1 aromatic carbocycles. The second kappa shape index (κ2) is 7.82. The summed E-state index contributed by atoms with van der Waals surface area (Å²) in [4.78, 5) is 12.3. The number of nitrogens with one attached hydrogen (secondary N) is 1. The molecule has 0 saturated carbocycles. The first kappa shape index (κ1) is 15.5. The van der Waals surface area contributed by atoms with Crippen molar-refractivity contribution in [3.05, 3.63) is 29.8 Å². The highest BCUT2D eigenvalue weighted by Crippen LogP contribution is 2.21. The molecular weight excluding hydrogens is 236 g/mol. The quantitative estimate of drug-likeness (QED) is 0.737. The van der Waals surface area contributed by atoms with Gasteiger partial charge in [0, 0.05) is 11.6 Å². The van der Waals surface area contributed by atoms with Gasteiger partial charge in [0.15, 0.2) is 0 Å². The van der Waals surface area contributed by atoms with Crippen molar-refractivity contribution in [2.75, 3.05) is 5.73 Å². The van der Waals surface area contributed by atoms with Gasteiger partial charge >= 0.3 is 0 Å². The minimum Gasteiger partial charge on any atom is -0.398 e. The predicted octanol–water partition coefficient (Wildman–Crippen LogP) is 3.66. The Morgan fingerprint density at radius 2 is 1.79 bits per heavy atom. The summed E-state index contributed by atoms with van der Waals surface area (Å²) in [5, 5.41) is 3.09. The van der Waals surface area contributed by atoms with Gasteiger partial charge in [-0.15, -0.1) is 0 Å². The van der Waals surface area contributed by atoms with Crippen molar-refractivity contribution in [2.45, 2.75) is 52.5 Å². The first-order valence-corrected chi connectivity index (χ1v) is 7.24. The summed E-state index contributed by atoms with van der Waals surface area (Å²) in [6.07, 6.45) is 3.99. The number of hydrogen-bond acceptors (Lipinski definition) is 2. The molecule has 1 amide bonds. The van der Waals surface area contributed by atoms with Crippen LogP contribution >= 0.6 is 0 Å². The van der Waals surface area contributed by atoms with E-state index < -0.39 is 0 Å². The molecule has 0 aliphatic rings. The van der Waals surface area contributed by atoms with Crippen molar-refractivity contribution < 1.29 is 4.79 Å². The van der Waals surface area contributed by atoms with Crippen LogP contribution in [-0.2, 0) is 4.79 Å². The molecule has 0 aliphatic heterocycles. The van der Waals surface area contributed by atoms with Crippen molar-refractivity contribution in [1.82, 2.24) is 5.32 Å². The number of hydrogen-bond donors (Lipinski definition) is 2. The van der Waals surface area contributed by atoms with E-state index in [4.69, 9.17) is 5.73 Å². The SMILES string of the molecule is CCCC(CCC)C(=O)NC(C)c1ccccc1N. The van der Waals surface area contributed by atoms with Crippen LogP contribution in [0, 0.1) is 5.92 Å². The smallest absolute Gasteiger partial charge is 0.223 e. The molecule has 0 fully saturated rings. The standard InChI is InChI=1S/C16H26N2O/c1-4-8-13(9-5-2)16(19)18-12(3)14-10-6-7-11-15(14)17/h6-7,10-13H,4-5,8-9,17H2,1-3H3,(H,18,19). The third-order valence-electron chi connectivity index (χ3n) is 3.47. The Kier molecular flexibility index (Phi) is 6.40. The fourth-order valence-corrected chi connectivity index (χ4v) is 2.42. The normalized spacial score (nSPS) is 12.4. The maximum absolute atomic E-state index is 12.3. The molecule has 19 heavy (non-hydrogen) atoms. The summed E-state index contributed by atoms with van der Waals surface area (Å²) in [5.74, 6) is 0.279. The second-order valence-electron chi connectivity index (χ2n) is 5.13. The van der Waals surface area contributed by atoms with Crippen molar-refractivity contribution in [1.29, 1.82) is 0 Å². The van der Waals surface area contributed by atoms with Gasteiger partial charge in [0.25, 0.3) is 0 Å². The minimum absolute atomic E-state index is 0.0371. The second-order valence-corrected chi connectivity index (χ2v) is 5.13. The van der Waals surface area contributed by atoms with E-state index in [1.165, 1.54) is 0 Å². The van der Waals surface area contributed by atoms with Gasteiger partial charge in [-0.3, -0.25) is 4.79 Å². The van der Waals surface area contributed by atoms with E-state index >= 15 is 0 Å². The van der Waals surface area contributed by atoms with Gasteiger partial charge in [-0.25, -0.2) is 0 Å². The van der Waals surface area contributed by atoms with Crippen LogP contribution in [0.3, 0.4) is 0 Å². The van der Waals surface area contributed by atoms with Crippen LogP contribution in [-0.4, -0.2) is 5.91 Å². The van der Waals surface area contributed by atoms with E-state index in [2.05, 4.69) is 19.2 Å². The fourth-order valence-electron chi connectivity index (χ4n) is 2.42. The number of carbonyl (C=O) groups excluding carboxylic acids is 1. The maximum Gasteiger partial charge on any atom is 0.223 e. The van der Waals surface area contributed by atoms with Crippen LogP contribution in [0.1, 0.15) is 58.1 Å². The summed E-state index contributed by atoms with van der Waals surface area (Å²) in [6.45, 7) is 6.22. The van der Waals surface area contributed by atoms with Crippen LogP contribution < -0.4 is 11.1 Å². The lowest BCUT2D eigenvalue weighted by atomic mass is 9.96. The topological polar surface area (TPSA) is 55.1 Å². The highest BCUT2D eigenvalue weighted by molar-refractivity contribution is 5.79. The van der Waals surface area contributed by atoms with Gasteiger partial charge in [0.05, 0.1) is 6.04 Å². The molecule has 1 atom stereocenters. The van der Waals surface area contributed by atoms with Gasteiger partial charge in [-0.05, 0) is 31.4 Å². The number of rotatable bonds is 7. The van der Waals surface area contributed by atoms with Gasteiger partial charge in [-0.1, -0.05) is 44.9 Å². The van der Waals surface area contributed by atoms with Crippen LogP contribution in [0.4, 0.5) is 5.69 Å². The summed E-state index contributed by atoms with van der Waals surface area (Å²) in [6, 6.07) is 7.65. The number of benzene rings is 1. The zero-order chi connectivity index (χ0) is 14.3. The molecule has 3 heteroatoms. The summed E-state index contributed by atoms with van der Waals surface area (Å²) >= 11 is 0. The molecule has 0 radical (unpaired) electrons. The summed E-state index contributed by atoms with van der Waals surface area (Å²) < 4.78 is 0. The number of nitrogens with two attached hydrogens (primary N) is 1. The fraction of sp³-hybridized carbons (Fsp3) is 0.562. The van der Waals surface area contributed by atoms with E-state index in [0.717, 1.165) is 36.9 Å². The molecule has 0 saturated heterocycles. The van der Waals surface area contributed by atoms with E-state index in [1.807, 2.05) is 31.2 Å². The molecule has 3 N–H and O–H groups in total. The molecular formula is C16H26N2O. The van der Waals surface area contributed by atoms with Crippen molar-refractivity contribution in [3.8, 4) is 0 Å². The number of carbonyl (C=O) groups is 1. The average Bonchev–Trinajstić information content (AvgIpc) is 2.38. The lowest BCUT2D eigenvalue weighted by Gasteiger charge is -2.20. The van der Waals surface area contributed by atoms with Crippen LogP contribution in [0.5, 0.6) is 0 Å². The van der Waals surface area contributed by atoms with E-state index in [9.17, 15) is 4.79 Å². The maximum atomic E-state index is 12.3. The number of amides is 1. The molecule has 106 valence electrons. The molecule has 0 aromatic heterocycles. The zero-order valence-corrected chi connectivity index (χ0v) is 12.3. The Bertz CT molecular complexity index is 397. The number of para-hydroxylation sites is 1. The van der Waals surface area contributed by atoms with Crippen LogP contribution in [0.25, 0.3) is 0 Å². The van der Waals surface area contributed by atoms with E-state index in [1.54, 1.807) is 0 Å². The zero-order valence-electron chi connectivity index (χ0n) is 12.3. The Morgan fingerprint density at radius 1 is 1.21 bits per heavy atom. The van der Waals surface area contributed by atoms with Gasteiger partial charge in [-0.2, -0.15) is 0 Å². The highest BCUT2D eigenvalue weighted by atomic mass is 16.1. The Hall–Kier alpha value is -1.51. The Balaban J connectivity index is 2.67. The van der Waals surface area contributed by atoms with Crippen molar-refractivity contribution >= 4 is 11.6 Å². The molecule has 3 nitrogen and oxygen atoms in total. The van der Waals surface area contributed by atoms with E-state index in [0.29, 0.717) is 0 Å². The summed E-state index contributed by atoms with van der Waals surface area (Å²) in [5.41, 5.74) is 7.66. The largest absolute Gasteiger partial charge is 0.398 e. The molecule has 0 bridgehead atoms. The first-order chi connectivity index (χ1) is 9.10. The number of nitrogen functional groups attached to an aromatic ring is 1. The van der Waals surface area contributed by atoms with Crippen LogP contribution in [0.15, 0.2) is 24.3 Å². The summed E-state index contributed by atoms with van der Waals surface area (Å²) in [7, 11) is 0. The molecule has 1 rings (SSSR count). The highest BCUT2D eigenvalue weighted by Gasteiger charge is 2.19. The first-order valence-electron chi connectivity index (χ1n) is 7.24. The molecule has 0 heterocycles. The van der Waals surface area contributed by atoms with E-state index in [-0.39, 0.29) is 17.9 Å². The molecule has 1 unspecified atom stereocenters.